The summed E-state index contributed by atoms with van der Waals surface area (Å²) in [6.07, 6.45) is 0. The summed E-state index contributed by atoms with van der Waals surface area (Å²) in [6, 6.07) is 41.4. The van der Waals surface area contributed by atoms with Crippen molar-refractivity contribution >= 4 is 77.7 Å². The first-order valence-corrected chi connectivity index (χ1v) is 19.8. The molecule has 53 heavy (non-hydrogen) atoms. The minimum Gasteiger partial charge on any atom is -0.458 e. The van der Waals surface area contributed by atoms with Crippen LogP contribution >= 0.6 is 11.3 Å². The standard InChI is InChI=1S/C48H45BN2OS/c1-46(2,3)28-19-20-37-38(23-28)50(31-15-11-10-12-16-31)39-24-29(47(4,5)6)22-35-34-21-30(48(7,8)9)25-41-44(34)49(51(37)45(35)39)36-27-43-33(26-40(36)52-41)32-17-13-14-18-42(32)53-43/h10-27H,1-9H3. The van der Waals surface area contributed by atoms with Gasteiger partial charge in [-0.05, 0) is 105 Å². The van der Waals surface area contributed by atoms with Gasteiger partial charge in [0.25, 0.3) is 0 Å². The van der Waals surface area contributed by atoms with Crippen molar-refractivity contribution in [1.29, 1.82) is 0 Å². The van der Waals surface area contributed by atoms with Gasteiger partial charge < -0.3 is 14.4 Å². The fraction of sp³-hybridized carbons (Fsp3) is 0.250. The number of ether oxygens (including phenoxy) is 1. The van der Waals surface area contributed by atoms with Gasteiger partial charge in [-0.25, -0.2) is 0 Å². The van der Waals surface area contributed by atoms with Gasteiger partial charge >= 0.3 is 6.85 Å². The zero-order valence-electron chi connectivity index (χ0n) is 32.2. The van der Waals surface area contributed by atoms with Crippen LogP contribution < -0.4 is 25.4 Å². The topological polar surface area (TPSA) is 15.7 Å². The Bertz CT molecular complexity index is 2670. The SMILES string of the molecule is CC(C)(C)c1cc2c3c(c1)-c1cc(C(C)(C)C)cc4c1N(B3c1cc3sc5ccccc5c3cc1O2)c1ccc(C(C)(C)C)cc1N4c1ccccc1. The Labute approximate surface area is 318 Å². The van der Waals surface area contributed by atoms with Crippen LogP contribution in [0.3, 0.4) is 0 Å². The monoisotopic (exact) mass is 708 g/mol. The first-order chi connectivity index (χ1) is 25.2. The maximum absolute atomic E-state index is 7.15. The van der Waals surface area contributed by atoms with E-state index in [0.29, 0.717) is 0 Å². The second-order valence-corrected chi connectivity index (χ2v) is 19.4. The highest BCUT2D eigenvalue weighted by Gasteiger charge is 2.49. The van der Waals surface area contributed by atoms with Gasteiger partial charge in [-0.3, -0.25) is 0 Å². The van der Waals surface area contributed by atoms with E-state index in [-0.39, 0.29) is 23.1 Å². The van der Waals surface area contributed by atoms with E-state index in [2.05, 4.69) is 181 Å². The van der Waals surface area contributed by atoms with E-state index >= 15 is 0 Å². The summed E-state index contributed by atoms with van der Waals surface area (Å²) in [6.45, 7) is 20.8. The molecule has 4 heterocycles. The molecular formula is C48H45BN2OS. The van der Waals surface area contributed by atoms with Gasteiger partial charge in [0.05, 0.1) is 22.7 Å². The van der Waals surface area contributed by atoms with Crippen molar-refractivity contribution in [2.75, 3.05) is 9.71 Å². The molecular weight excluding hydrogens is 663 g/mol. The van der Waals surface area contributed by atoms with E-state index in [4.69, 9.17) is 4.74 Å². The third kappa shape index (κ3) is 4.79. The van der Waals surface area contributed by atoms with E-state index < -0.39 is 0 Å². The third-order valence-corrected chi connectivity index (χ3v) is 12.8. The number of anilines is 5. The number of hydrogen-bond donors (Lipinski definition) is 0. The predicted octanol–water partition coefficient (Wildman–Crippen LogP) is 12.8. The minimum atomic E-state index is -0.0729. The largest absolute Gasteiger partial charge is 0.458 e. The van der Waals surface area contributed by atoms with Gasteiger partial charge in [0.2, 0.25) is 0 Å². The van der Waals surface area contributed by atoms with Gasteiger partial charge in [0.1, 0.15) is 11.5 Å². The van der Waals surface area contributed by atoms with Gasteiger partial charge in [-0.2, -0.15) is 0 Å². The average Bonchev–Trinajstić information content (AvgIpc) is 3.47. The summed E-state index contributed by atoms with van der Waals surface area (Å²) < 4.78 is 9.75. The lowest BCUT2D eigenvalue weighted by molar-refractivity contribution is 0.484. The van der Waals surface area contributed by atoms with Crippen LogP contribution in [0.25, 0.3) is 31.3 Å². The number of benzene rings is 6. The Morgan fingerprint density at radius 3 is 1.92 bits per heavy atom. The van der Waals surface area contributed by atoms with Crippen molar-refractivity contribution in [2.45, 2.75) is 78.6 Å². The Morgan fingerprint density at radius 2 is 1.19 bits per heavy atom. The lowest BCUT2D eigenvalue weighted by Crippen LogP contribution is -2.60. The van der Waals surface area contributed by atoms with Crippen LogP contribution in [0.15, 0.2) is 109 Å². The molecule has 0 saturated carbocycles. The predicted molar refractivity (Wildman–Crippen MR) is 229 cm³/mol. The van der Waals surface area contributed by atoms with Crippen molar-refractivity contribution < 1.29 is 4.74 Å². The molecule has 0 aliphatic carbocycles. The summed E-state index contributed by atoms with van der Waals surface area (Å²) in [7, 11) is 0. The van der Waals surface area contributed by atoms with E-state index in [1.54, 1.807) is 0 Å². The highest BCUT2D eigenvalue weighted by Crippen LogP contribution is 2.59. The molecule has 7 aromatic rings. The van der Waals surface area contributed by atoms with Crippen LogP contribution in [0, 0.1) is 0 Å². The van der Waals surface area contributed by atoms with Crippen LogP contribution in [0.2, 0.25) is 0 Å². The molecule has 1 aromatic heterocycles. The van der Waals surface area contributed by atoms with Crippen LogP contribution in [0.5, 0.6) is 11.5 Å². The summed E-state index contributed by atoms with van der Waals surface area (Å²) in [5, 5.41) is 2.55. The smallest absolute Gasteiger partial charge is 0.336 e. The lowest BCUT2D eigenvalue weighted by atomic mass is 9.44. The zero-order valence-corrected chi connectivity index (χ0v) is 33.0. The number of para-hydroxylation sites is 1. The Morgan fingerprint density at radius 1 is 0.528 bits per heavy atom. The molecule has 0 spiro atoms. The molecule has 0 atom stereocenters. The molecule has 0 unspecified atom stereocenters. The van der Waals surface area contributed by atoms with E-state index in [1.807, 2.05) is 11.3 Å². The Hall–Kier alpha value is -5.00. The summed E-state index contributed by atoms with van der Waals surface area (Å²) >= 11 is 1.88. The first-order valence-electron chi connectivity index (χ1n) is 19.0. The number of thiophene rings is 1. The van der Waals surface area contributed by atoms with Crippen LogP contribution in [0.1, 0.15) is 79.0 Å². The Balaban J connectivity index is 1.36. The number of rotatable bonds is 1. The molecule has 0 N–H and O–H groups in total. The van der Waals surface area contributed by atoms with E-state index in [9.17, 15) is 0 Å². The maximum Gasteiger partial charge on any atom is 0.336 e. The summed E-state index contributed by atoms with van der Waals surface area (Å²) in [5.41, 5.74) is 14.9. The minimum absolute atomic E-state index is 0.0147. The highest BCUT2D eigenvalue weighted by molar-refractivity contribution is 7.26. The number of hydrogen-bond acceptors (Lipinski definition) is 4. The van der Waals surface area contributed by atoms with Crippen molar-refractivity contribution in [3.8, 4) is 22.6 Å². The van der Waals surface area contributed by atoms with Gasteiger partial charge in [-0.1, -0.05) is 111 Å². The molecule has 0 bridgehead atoms. The molecule has 262 valence electrons. The molecule has 10 rings (SSSR count). The third-order valence-electron chi connectivity index (χ3n) is 11.6. The van der Waals surface area contributed by atoms with Crippen molar-refractivity contribution in [1.82, 2.24) is 0 Å². The van der Waals surface area contributed by atoms with Crippen LogP contribution in [0.4, 0.5) is 28.4 Å². The highest BCUT2D eigenvalue weighted by atomic mass is 32.1. The van der Waals surface area contributed by atoms with Gasteiger partial charge in [0, 0.05) is 36.9 Å². The second-order valence-electron chi connectivity index (χ2n) is 18.3. The molecule has 3 aliphatic heterocycles. The summed E-state index contributed by atoms with van der Waals surface area (Å²) in [5.74, 6) is 1.92. The maximum atomic E-state index is 7.15. The molecule has 6 aromatic carbocycles. The van der Waals surface area contributed by atoms with E-state index in [1.165, 1.54) is 87.4 Å². The fourth-order valence-electron chi connectivity index (χ4n) is 8.69. The summed E-state index contributed by atoms with van der Waals surface area (Å²) in [4.78, 5) is 5.20. The van der Waals surface area contributed by atoms with Crippen LogP contribution in [-0.2, 0) is 16.2 Å². The van der Waals surface area contributed by atoms with Crippen molar-refractivity contribution in [3.05, 3.63) is 126 Å². The van der Waals surface area contributed by atoms with Crippen LogP contribution in [-0.4, -0.2) is 6.85 Å². The van der Waals surface area contributed by atoms with E-state index in [0.717, 1.165) is 11.5 Å². The molecule has 0 saturated heterocycles. The zero-order chi connectivity index (χ0) is 36.8. The molecule has 3 nitrogen and oxygen atoms in total. The second kappa shape index (κ2) is 10.8. The molecule has 5 heteroatoms. The lowest BCUT2D eigenvalue weighted by Gasteiger charge is -2.49. The van der Waals surface area contributed by atoms with Crippen molar-refractivity contribution in [3.63, 3.8) is 0 Å². The quantitative estimate of drug-likeness (QED) is 0.158. The molecule has 0 amide bonds. The first kappa shape index (κ1) is 32.6. The normalized spacial score (nSPS) is 14.5. The average molecular weight is 709 g/mol. The number of nitrogens with zero attached hydrogens (tertiary/aromatic N) is 2. The molecule has 0 radical (unpaired) electrons. The molecule has 3 aliphatic rings. The van der Waals surface area contributed by atoms with Gasteiger partial charge in [0.15, 0.2) is 0 Å². The Kier molecular flexibility index (Phi) is 6.65. The van der Waals surface area contributed by atoms with Crippen molar-refractivity contribution in [2.24, 2.45) is 0 Å². The number of fused-ring (bicyclic) bond motifs is 9. The molecule has 0 fully saturated rings. The fourth-order valence-corrected chi connectivity index (χ4v) is 9.82. The van der Waals surface area contributed by atoms with Gasteiger partial charge in [-0.15, -0.1) is 11.3 Å².